The summed E-state index contributed by atoms with van der Waals surface area (Å²) in [6.07, 6.45) is 5.59. The maximum Gasteiger partial charge on any atom is 0.141 e. The van der Waals surface area contributed by atoms with Gasteiger partial charge in [-0.15, -0.1) is 0 Å². The summed E-state index contributed by atoms with van der Waals surface area (Å²) < 4.78 is 0. The molecule has 0 amide bonds. The van der Waals surface area contributed by atoms with E-state index in [-0.39, 0.29) is 6.04 Å². The minimum Gasteiger partial charge on any atom is -0.387 e. The lowest BCUT2D eigenvalue weighted by molar-refractivity contribution is 0.453. The van der Waals surface area contributed by atoms with Gasteiger partial charge in [-0.3, -0.25) is 0 Å². The summed E-state index contributed by atoms with van der Waals surface area (Å²) in [6, 6.07) is 11.1. The van der Waals surface area contributed by atoms with Crippen molar-refractivity contribution >= 4 is 22.4 Å². The fourth-order valence-corrected chi connectivity index (χ4v) is 4.67. The first kappa shape index (κ1) is 23.8. The smallest absolute Gasteiger partial charge is 0.141 e. The summed E-state index contributed by atoms with van der Waals surface area (Å²) in [6.45, 7) is 18.3. The molecule has 5 heteroatoms. The normalized spacial score (nSPS) is 17.6. The van der Waals surface area contributed by atoms with Crippen LogP contribution in [-0.2, 0) is 12.8 Å². The molecule has 0 unspecified atom stereocenters. The van der Waals surface area contributed by atoms with Gasteiger partial charge >= 0.3 is 0 Å². The van der Waals surface area contributed by atoms with Crippen LogP contribution in [0, 0.1) is 19.8 Å². The molecule has 1 aliphatic heterocycles. The zero-order valence-corrected chi connectivity index (χ0v) is 21.0. The van der Waals surface area contributed by atoms with Gasteiger partial charge in [0.15, 0.2) is 0 Å². The maximum absolute atomic E-state index is 4.63. The molecule has 4 rings (SSSR count). The van der Waals surface area contributed by atoms with E-state index >= 15 is 0 Å². The number of rotatable bonds is 1. The first-order chi connectivity index (χ1) is 16.3. The third kappa shape index (κ3) is 5.41. The summed E-state index contributed by atoms with van der Waals surface area (Å²) >= 11 is 0. The SMILES string of the molecule is C=C1Cc2ccc(C)cc2Nc2ncnc3cc(C)c(cc23)CCCCNC(=C)[C@@H](C(C)C)N1. The zero-order valence-electron chi connectivity index (χ0n) is 21.0. The van der Waals surface area contributed by atoms with Crippen LogP contribution in [0.4, 0.5) is 11.5 Å². The number of aryl methyl sites for hydroxylation is 3. The summed E-state index contributed by atoms with van der Waals surface area (Å²) in [5, 5.41) is 11.9. The van der Waals surface area contributed by atoms with Gasteiger partial charge in [-0.05, 0) is 79.5 Å². The predicted octanol–water partition coefficient (Wildman–Crippen LogP) is 6.10. The Morgan fingerprint density at radius 3 is 2.62 bits per heavy atom. The van der Waals surface area contributed by atoms with Crippen LogP contribution in [0.15, 0.2) is 61.2 Å². The number of nitrogens with one attached hydrogen (secondary N) is 3. The molecule has 1 atom stereocenters. The van der Waals surface area contributed by atoms with Crippen molar-refractivity contribution in [2.24, 2.45) is 5.92 Å². The Balaban J connectivity index is 1.76. The standard InChI is InChI=1S/C29H37N5/c1-18(2)28-22(6)30-12-8-7-9-23-16-25-27(14-20(23)4)31-17-32-29(25)34-26-13-19(3)10-11-24(26)15-21(5)33-28/h10-11,13-14,16-18,28,30,33H,5-9,12,15H2,1-4H3,(H,31,32,34)/t28-/m1/s1. The number of nitrogens with zero attached hydrogens (tertiary/aromatic N) is 2. The third-order valence-electron chi connectivity index (χ3n) is 6.64. The minimum atomic E-state index is 0.129. The molecule has 3 aromatic rings. The zero-order chi connectivity index (χ0) is 24.2. The van der Waals surface area contributed by atoms with E-state index in [1.54, 1.807) is 6.33 Å². The lowest BCUT2D eigenvalue weighted by Crippen LogP contribution is -2.40. The summed E-state index contributed by atoms with van der Waals surface area (Å²) in [7, 11) is 0. The Morgan fingerprint density at radius 2 is 1.82 bits per heavy atom. The minimum absolute atomic E-state index is 0.129. The molecule has 2 aromatic carbocycles. The van der Waals surface area contributed by atoms with Crippen molar-refractivity contribution in [1.82, 2.24) is 20.6 Å². The summed E-state index contributed by atoms with van der Waals surface area (Å²) in [4.78, 5) is 9.17. The molecule has 1 aromatic heterocycles. The molecule has 2 bridgehead atoms. The Kier molecular flexibility index (Phi) is 7.20. The van der Waals surface area contributed by atoms with Crippen LogP contribution in [-0.4, -0.2) is 22.6 Å². The highest BCUT2D eigenvalue weighted by Crippen LogP contribution is 2.29. The molecule has 3 N–H and O–H groups in total. The molecule has 5 nitrogen and oxygen atoms in total. The number of hydrogen-bond acceptors (Lipinski definition) is 5. The average molecular weight is 456 g/mol. The first-order valence-electron chi connectivity index (χ1n) is 12.3. The Bertz CT molecular complexity index is 1210. The van der Waals surface area contributed by atoms with Gasteiger partial charge in [0.1, 0.15) is 12.1 Å². The van der Waals surface area contributed by atoms with Crippen molar-refractivity contribution in [2.45, 2.75) is 59.4 Å². The molecule has 178 valence electrons. The van der Waals surface area contributed by atoms with Crippen LogP contribution in [0.2, 0.25) is 0 Å². The van der Waals surface area contributed by atoms with Crippen molar-refractivity contribution in [3.8, 4) is 0 Å². The van der Waals surface area contributed by atoms with Crippen LogP contribution < -0.4 is 16.0 Å². The van der Waals surface area contributed by atoms with E-state index in [4.69, 9.17) is 0 Å². The number of anilines is 2. The molecular weight excluding hydrogens is 418 g/mol. The lowest BCUT2D eigenvalue weighted by Gasteiger charge is -2.28. The van der Waals surface area contributed by atoms with E-state index in [1.165, 1.54) is 22.3 Å². The molecule has 1 aliphatic rings. The monoisotopic (exact) mass is 455 g/mol. The predicted molar refractivity (Wildman–Crippen MR) is 143 cm³/mol. The highest BCUT2D eigenvalue weighted by molar-refractivity contribution is 5.92. The number of hydrogen-bond donors (Lipinski definition) is 3. The lowest BCUT2D eigenvalue weighted by atomic mass is 9.99. The topological polar surface area (TPSA) is 61.9 Å². The van der Waals surface area contributed by atoms with Gasteiger partial charge in [0, 0.05) is 35.4 Å². The van der Waals surface area contributed by atoms with Crippen molar-refractivity contribution in [3.05, 3.63) is 83.5 Å². The van der Waals surface area contributed by atoms with Crippen molar-refractivity contribution < 1.29 is 0 Å². The van der Waals surface area contributed by atoms with E-state index in [9.17, 15) is 0 Å². The van der Waals surface area contributed by atoms with Gasteiger partial charge in [-0.1, -0.05) is 39.1 Å². The number of aromatic nitrogens is 2. The summed E-state index contributed by atoms with van der Waals surface area (Å²) in [5.41, 5.74) is 9.03. The molecule has 0 saturated carbocycles. The van der Waals surface area contributed by atoms with Crippen LogP contribution in [0.1, 0.15) is 48.9 Å². The quantitative estimate of drug-likeness (QED) is 0.414. The highest BCUT2D eigenvalue weighted by atomic mass is 15.0. The largest absolute Gasteiger partial charge is 0.387 e. The average Bonchev–Trinajstić information content (AvgIpc) is 2.79. The third-order valence-corrected chi connectivity index (χ3v) is 6.64. The van der Waals surface area contributed by atoms with Gasteiger partial charge in [0.25, 0.3) is 0 Å². The van der Waals surface area contributed by atoms with E-state index in [0.717, 1.165) is 59.6 Å². The Labute approximate surface area is 203 Å². The molecule has 0 spiro atoms. The first-order valence-corrected chi connectivity index (χ1v) is 12.3. The molecule has 2 heterocycles. The molecule has 0 saturated heterocycles. The van der Waals surface area contributed by atoms with Gasteiger partial charge in [0.05, 0.1) is 11.6 Å². The second-order valence-electron chi connectivity index (χ2n) is 9.86. The van der Waals surface area contributed by atoms with Gasteiger partial charge < -0.3 is 16.0 Å². The van der Waals surface area contributed by atoms with Crippen LogP contribution in [0.5, 0.6) is 0 Å². The fraction of sp³-hybridized carbons (Fsp3) is 0.379. The van der Waals surface area contributed by atoms with Crippen molar-refractivity contribution in [3.63, 3.8) is 0 Å². The molecule has 34 heavy (non-hydrogen) atoms. The van der Waals surface area contributed by atoms with E-state index in [2.05, 4.69) is 97.1 Å². The maximum atomic E-state index is 4.63. The van der Waals surface area contributed by atoms with Crippen LogP contribution >= 0.6 is 0 Å². The van der Waals surface area contributed by atoms with Gasteiger partial charge in [-0.2, -0.15) is 0 Å². The van der Waals surface area contributed by atoms with Crippen LogP contribution in [0.25, 0.3) is 10.9 Å². The molecule has 0 radical (unpaired) electrons. The second kappa shape index (κ2) is 10.3. The summed E-state index contributed by atoms with van der Waals surface area (Å²) in [5.74, 6) is 1.24. The van der Waals surface area contributed by atoms with Crippen LogP contribution in [0.3, 0.4) is 0 Å². The number of allylic oxidation sites excluding steroid dienone is 1. The molecular formula is C29H37N5. The van der Waals surface area contributed by atoms with Crippen molar-refractivity contribution in [2.75, 3.05) is 11.9 Å². The second-order valence-corrected chi connectivity index (χ2v) is 9.86. The van der Waals surface area contributed by atoms with Crippen molar-refractivity contribution in [1.29, 1.82) is 0 Å². The van der Waals surface area contributed by atoms with Gasteiger partial charge in [-0.25, -0.2) is 9.97 Å². The van der Waals surface area contributed by atoms with E-state index in [0.29, 0.717) is 12.3 Å². The van der Waals surface area contributed by atoms with E-state index in [1.807, 2.05) is 0 Å². The highest BCUT2D eigenvalue weighted by Gasteiger charge is 2.18. The fourth-order valence-electron chi connectivity index (χ4n) is 4.67. The number of fused-ring (bicyclic) bond motifs is 2. The molecule has 0 fully saturated rings. The number of benzene rings is 2. The van der Waals surface area contributed by atoms with Gasteiger partial charge in [0.2, 0.25) is 0 Å². The van der Waals surface area contributed by atoms with E-state index < -0.39 is 0 Å². The Morgan fingerprint density at radius 1 is 1.00 bits per heavy atom. The molecule has 0 aliphatic carbocycles. The Hall–Kier alpha value is -3.34.